The number of hydrogen-bond acceptors (Lipinski definition) is 7. The number of rotatable bonds is 8. The number of nitrogens with zero attached hydrogens (tertiary/aromatic N) is 1. The molecule has 3 rings (SSSR count). The third kappa shape index (κ3) is 6.48. The Hall–Kier alpha value is -1.27. The van der Waals surface area contributed by atoms with E-state index in [4.69, 9.17) is 5.73 Å². The Kier molecular flexibility index (Phi) is 9.00. The fraction of sp³-hybridized carbons (Fsp3) is 0.913. The normalized spacial score (nSPS) is 37.0. The summed E-state index contributed by atoms with van der Waals surface area (Å²) in [6, 6.07) is -1.63. The van der Waals surface area contributed by atoms with Gasteiger partial charge in [0.05, 0.1) is 12.1 Å². The van der Waals surface area contributed by atoms with Crippen LogP contribution in [0.3, 0.4) is 0 Å². The van der Waals surface area contributed by atoms with Crippen molar-refractivity contribution in [1.29, 1.82) is 0 Å². The molecule has 1 heterocycles. The van der Waals surface area contributed by atoms with Crippen molar-refractivity contribution < 1.29 is 23.2 Å². The third-order valence-electron chi connectivity index (χ3n) is 8.18. The molecule has 0 amide bonds. The van der Waals surface area contributed by atoms with Crippen molar-refractivity contribution in [2.75, 3.05) is 13.1 Å². The van der Waals surface area contributed by atoms with E-state index in [1.165, 1.54) is 11.1 Å². The molecule has 11 heteroatoms. The Labute approximate surface area is 199 Å². The highest BCUT2D eigenvalue weighted by atomic mass is 19.4. The van der Waals surface area contributed by atoms with Gasteiger partial charge in [0.2, 0.25) is 6.04 Å². The molecule has 196 valence electrons. The lowest BCUT2D eigenvalue weighted by Crippen LogP contribution is -2.58. The van der Waals surface area contributed by atoms with Crippen LogP contribution in [0.25, 0.3) is 0 Å². The Bertz CT molecular complexity index is 750. The zero-order chi connectivity index (χ0) is 25.2. The summed E-state index contributed by atoms with van der Waals surface area (Å²) in [5.74, 6) is -1.84. The van der Waals surface area contributed by atoms with Crippen LogP contribution >= 0.6 is 0 Å². The maximum Gasteiger partial charge on any atom is 0.392 e. The minimum absolute atomic E-state index is 0.0205. The van der Waals surface area contributed by atoms with Gasteiger partial charge in [-0.2, -0.15) is 13.2 Å². The zero-order valence-electron chi connectivity index (χ0n) is 20.3. The summed E-state index contributed by atoms with van der Waals surface area (Å²) in [7, 11) is 0. The Balaban J connectivity index is 1.73. The molecule has 0 aromatic rings. The maximum atomic E-state index is 13.5. The van der Waals surface area contributed by atoms with Crippen LogP contribution < -0.4 is 21.7 Å². The smallest absolute Gasteiger partial charge is 0.379 e. The van der Waals surface area contributed by atoms with Crippen molar-refractivity contribution in [2.24, 2.45) is 29.4 Å². The molecule has 9 atom stereocenters. The lowest BCUT2D eigenvalue weighted by Gasteiger charge is -2.42. The summed E-state index contributed by atoms with van der Waals surface area (Å²) >= 11 is 0. The first-order chi connectivity index (χ1) is 15.9. The van der Waals surface area contributed by atoms with E-state index in [-0.39, 0.29) is 42.9 Å². The molecule has 34 heavy (non-hydrogen) atoms. The van der Waals surface area contributed by atoms with E-state index in [0.717, 1.165) is 12.8 Å². The van der Waals surface area contributed by atoms with Gasteiger partial charge in [-0.25, -0.2) is 0 Å². The topological polar surface area (TPSA) is 125 Å². The van der Waals surface area contributed by atoms with Gasteiger partial charge in [-0.15, -0.1) is 0 Å². The van der Waals surface area contributed by atoms with Crippen molar-refractivity contribution in [3.05, 3.63) is 21.3 Å². The molecule has 9 unspecified atom stereocenters. The largest absolute Gasteiger partial charge is 0.392 e. The molecular weight excluding hydrogens is 451 g/mol. The van der Waals surface area contributed by atoms with Gasteiger partial charge in [0.1, 0.15) is 6.23 Å². The standard InChI is InChI=1S/C23H40F3N5O3/c1-4-28-22(19-10-18(12(2)5-20(19)27)15-8-21(32)29-11-15)30-13(3)14-6-16(23(24,25)26)9-17(7-14)31(33)34/h13-17,19-22,28-30,32H,4-11,27H2,1-3H3. The van der Waals surface area contributed by atoms with Gasteiger partial charge >= 0.3 is 6.18 Å². The van der Waals surface area contributed by atoms with Crippen LogP contribution in [-0.4, -0.2) is 59.8 Å². The Morgan fingerprint density at radius 2 is 1.97 bits per heavy atom. The van der Waals surface area contributed by atoms with Crippen molar-refractivity contribution in [2.45, 2.75) is 96.0 Å². The second-order valence-corrected chi connectivity index (χ2v) is 10.5. The van der Waals surface area contributed by atoms with Crippen molar-refractivity contribution in [1.82, 2.24) is 16.0 Å². The van der Waals surface area contributed by atoms with Gasteiger partial charge in [-0.1, -0.05) is 18.1 Å². The maximum absolute atomic E-state index is 13.5. The average molecular weight is 492 g/mol. The number of nitrogens with two attached hydrogens (primary N) is 1. The van der Waals surface area contributed by atoms with Gasteiger partial charge in [0.25, 0.3) is 0 Å². The van der Waals surface area contributed by atoms with E-state index in [9.17, 15) is 28.4 Å². The summed E-state index contributed by atoms with van der Waals surface area (Å²) in [6.45, 7) is 7.26. The van der Waals surface area contributed by atoms with E-state index in [2.05, 4.69) is 22.9 Å². The van der Waals surface area contributed by atoms with E-state index in [1.807, 2.05) is 13.8 Å². The van der Waals surface area contributed by atoms with Crippen LogP contribution in [-0.2, 0) is 0 Å². The SMILES string of the molecule is CCNC(NC(C)C1CC([N+](=O)[O-])CC(C(F)(F)F)C1)C1CC(C2CNC(O)C2)=C(C)CC1N. The van der Waals surface area contributed by atoms with E-state index < -0.39 is 41.6 Å². The number of nitrogens with one attached hydrogen (secondary N) is 3. The lowest BCUT2D eigenvalue weighted by molar-refractivity contribution is -0.532. The number of aliphatic hydroxyl groups excluding tert-OH is 1. The fourth-order valence-electron chi connectivity index (χ4n) is 6.23. The first kappa shape index (κ1) is 27.3. The van der Waals surface area contributed by atoms with Gasteiger partial charge in [0, 0.05) is 42.3 Å². The first-order valence-corrected chi connectivity index (χ1v) is 12.5. The second kappa shape index (κ2) is 11.2. The zero-order valence-corrected chi connectivity index (χ0v) is 20.3. The van der Waals surface area contributed by atoms with Gasteiger partial charge in [0.15, 0.2) is 0 Å². The minimum atomic E-state index is -4.43. The molecule has 0 spiro atoms. The van der Waals surface area contributed by atoms with Crippen molar-refractivity contribution in [3.8, 4) is 0 Å². The average Bonchev–Trinajstić information content (AvgIpc) is 3.18. The second-order valence-electron chi connectivity index (χ2n) is 10.5. The monoisotopic (exact) mass is 491 g/mol. The summed E-state index contributed by atoms with van der Waals surface area (Å²) in [5.41, 5.74) is 9.12. The van der Waals surface area contributed by atoms with Crippen LogP contribution in [0, 0.1) is 33.8 Å². The Morgan fingerprint density at radius 3 is 2.53 bits per heavy atom. The fourth-order valence-corrected chi connectivity index (χ4v) is 6.23. The quantitative estimate of drug-likeness (QED) is 0.153. The summed E-state index contributed by atoms with van der Waals surface area (Å²) in [6.07, 6.45) is -3.44. The molecule has 1 saturated carbocycles. The molecule has 0 aromatic carbocycles. The molecule has 0 aromatic heterocycles. The van der Waals surface area contributed by atoms with Crippen LogP contribution in [0.4, 0.5) is 13.2 Å². The Morgan fingerprint density at radius 1 is 1.26 bits per heavy atom. The van der Waals surface area contributed by atoms with Crippen LogP contribution in [0.5, 0.6) is 0 Å². The molecule has 6 N–H and O–H groups in total. The van der Waals surface area contributed by atoms with E-state index in [0.29, 0.717) is 19.5 Å². The molecule has 2 fully saturated rings. The summed E-state index contributed by atoms with van der Waals surface area (Å²) in [4.78, 5) is 10.8. The lowest BCUT2D eigenvalue weighted by atomic mass is 9.73. The molecule has 8 nitrogen and oxygen atoms in total. The molecule has 2 aliphatic carbocycles. The van der Waals surface area contributed by atoms with Crippen LogP contribution in [0.15, 0.2) is 11.1 Å². The number of halogens is 3. The van der Waals surface area contributed by atoms with Crippen molar-refractivity contribution >= 4 is 0 Å². The minimum Gasteiger partial charge on any atom is -0.379 e. The van der Waals surface area contributed by atoms with E-state index in [1.54, 1.807) is 0 Å². The molecule has 0 bridgehead atoms. The van der Waals surface area contributed by atoms with Gasteiger partial charge in [-0.05, 0) is 57.9 Å². The molecular formula is C23H40F3N5O3. The van der Waals surface area contributed by atoms with Crippen molar-refractivity contribution in [3.63, 3.8) is 0 Å². The first-order valence-electron chi connectivity index (χ1n) is 12.5. The molecule has 3 aliphatic rings. The van der Waals surface area contributed by atoms with E-state index >= 15 is 0 Å². The van der Waals surface area contributed by atoms with Gasteiger partial charge < -0.3 is 16.2 Å². The van der Waals surface area contributed by atoms with Crippen LogP contribution in [0.2, 0.25) is 0 Å². The number of alkyl halides is 3. The number of nitro groups is 1. The number of hydrogen-bond donors (Lipinski definition) is 5. The highest BCUT2D eigenvalue weighted by Gasteiger charge is 2.49. The summed E-state index contributed by atoms with van der Waals surface area (Å²) in [5, 5.41) is 31.3. The predicted octanol–water partition coefficient (Wildman–Crippen LogP) is 2.51. The van der Waals surface area contributed by atoms with Gasteiger partial charge in [-0.3, -0.25) is 20.7 Å². The molecule has 1 saturated heterocycles. The predicted molar refractivity (Wildman–Crippen MR) is 123 cm³/mol. The highest BCUT2D eigenvalue weighted by molar-refractivity contribution is 5.23. The summed E-state index contributed by atoms with van der Waals surface area (Å²) < 4.78 is 40.5. The van der Waals surface area contributed by atoms with Crippen LogP contribution in [0.1, 0.15) is 59.3 Å². The highest BCUT2D eigenvalue weighted by Crippen LogP contribution is 2.42. The molecule has 1 aliphatic heterocycles. The molecule has 0 radical (unpaired) electrons. The number of aliphatic hydroxyl groups is 1. The third-order valence-corrected chi connectivity index (χ3v) is 8.18.